The maximum absolute atomic E-state index is 5.55. The Kier molecular flexibility index (Phi) is 2.59. The molecule has 0 aliphatic rings. The number of nitrogens with one attached hydrogen (secondary N) is 1. The van der Waals surface area contributed by atoms with E-state index in [1.54, 1.807) is 11.9 Å². The van der Waals surface area contributed by atoms with E-state index in [1.165, 1.54) is 0 Å². The van der Waals surface area contributed by atoms with Crippen molar-refractivity contribution >= 4 is 17.6 Å². The maximum atomic E-state index is 5.55. The molecule has 0 fully saturated rings. The highest BCUT2D eigenvalue weighted by Crippen LogP contribution is 2.15. The Morgan fingerprint density at radius 3 is 2.90 bits per heavy atom. The minimum absolute atomic E-state index is 0.806. The molecule has 1 rings (SSSR count). The summed E-state index contributed by atoms with van der Waals surface area (Å²) in [5, 5.41) is 0. The van der Waals surface area contributed by atoms with Crippen LogP contribution >= 0.6 is 11.9 Å². The van der Waals surface area contributed by atoms with Gasteiger partial charge in [0, 0.05) is 10.6 Å². The van der Waals surface area contributed by atoms with Crippen molar-refractivity contribution in [3.05, 3.63) is 24.3 Å². The van der Waals surface area contributed by atoms with Crippen LogP contribution in [-0.2, 0) is 0 Å². The number of hydrogen-bond donors (Lipinski definition) is 2. The summed E-state index contributed by atoms with van der Waals surface area (Å²) in [7, 11) is 1.88. The molecular weight excluding hydrogens is 144 g/mol. The number of anilines is 1. The molecule has 0 bridgehead atoms. The molecule has 0 saturated carbocycles. The Hall–Kier alpha value is -0.670. The second-order valence-electron chi connectivity index (χ2n) is 1.88. The van der Waals surface area contributed by atoms with E-state index in [2.05, 4.69) is 4.72 Å². The molecule has 0 saturated heterocycles. The Bertz CT molecular complexity index is 213. The molecule has 0 atom stereocenters. The minimum atomic E-state index is 0.806. The van der Waals surface area contributed by atoms with Gasteiger partial charge in [-0.05, 0) is 37.2 Å². The maximum Gasteiger partial charge on any atom is 0.0325 e. The van der Waals surface area contributed by atoms with E-state index < -0.39 is 0 Å². The SMILES string of the molecule is CNSc1cccc(N)c1. The summed E-state index contributed by atoms with van der Waals surface area (Å²) in [6.07, 6.45) is 0. The van der Waals surface area contributed by atoms with Crippen LogP contribution in [0.3, 0.4) is 0 Å². The molecule has 0 heterocycles. The van der Waals surface area contributed by atoms with E-state index in [4.69, 9.17) is 5.73 Å². The van der Waals surface area contributed by atoms with Gasteiger partial charge in [0.1, 0.15) is 0 Å². The molecule has 0 aromatic heterocycles. The van der Waals surface area contributed by atoms with E-state index in [0.717, 1.165) is 10.6 Å². The molecule has 2 nitrogen and oxygen atoms in total. The van der Waals surface area contributed by atoms with Gasteiger partial charge in [-0.15, -0.1) is 0 Å². The van der Waals surface area contributed by atoms with E-state index in [1.807, 2.05) is 31.3 Å². The monoisotopic (exact) mass is 154 g/mol. The van der Waals surface area contributed by atoms with E-state index in [9.17, 15) is 0 Å². The van der Waals surface area contributed by atoms with Gasteiger partial charge in [0.15, 0.2) is 0 Å². The molecule has 3 heteroatoms. The van der Waals surface area contributed by atoms with Crippen LogP contribution in [0.15, 0.2) is 29.2 Å². The fraction of sp³-hybridized carbons (Fsp3) is 0.143. The Morgan fingerprint density at radius 2 is 2.30 bits per heavy atom. The van der Waals surface area contributed by atoms with E-state index in [0.29, 0.717) is 0 Å². The standard InChI is InChI=1S/C7H10N2S/c1-9-10-7-4-2-3-6(8)5-7/h2-5,9H,8H2,1H3. The lowest BCUT2D eigenvalue weighted by Crippen LogP contribution is -1.91. The summed E-state index contributed by atoms with van der Waals surface area (Å²) >= 11 is 1.56. The second-order valence-corrected chi connectivity index (χ2v) is 2.96. The van der Waals surface area contributed by atoms with Gasteiger partial charge in [0.2, 0.25) is 0 Å². The van der Waals surface area contributed by atoms with Gasteiger partial charge in [0.25, 0.3) is 0 Å². The van der Waals surface area contributed by atoms with Crippen molar-refractivity contribution in [2.75, 3.05) is 12.8 Å². The molecule has 1 aromatic rings. The highest BCUT2D eigenvalue weighted by atomic mass is 32.2. The molecule has 0 radical (unpaired) electrons. The third-order valence-electron chi connectivity index (χ3n) is 1.08. The smallest absolute Gasteiger partial charge is 0.0325 e. The fourth-order valence-corrected chi connectivity index (χ4v) is 1.27. The quantitative estimate of drug-likeness (QED) is 0.500. The van der Waals surface area contributed by atoms with Gasteiger partial charge in [-0.25, -0.2) is 0 Å². The first kappa shape index (κ1) is 7.44. The first-order valence-electron chi connectivity index (χ1n) is 3.02. The van der Waals surface area contributed by atoms with Crippen LogP contribution in [0.25, 0.3) is 0 Å². The van der Waals surface area contributed by atoms with Crippen molar-refractivity contribution in [2.24, 2.45) is 0 Å². The molecule has 0 spiro atoms. The average molecular weight is 154 g/mol. The molecule has 54 valence electrons. The van der Waals surface area contributed by atoms with E-state index >= 15 is 0 Å². The van der Waals surface area contributed by atoms with Gasteiger partial charge in [-0.2, -0.15) is 0 Å². The fourth-order valence-electron chi connectivity index (χ4n) is 0.696. The molecule has 3 N–H and O–H groups in total. The van der Waals surface area contributed by atoms with Gasteiger partial charge >= 0.3 is 0 Å². The lowest BCUT2D eigenvalue weighted by Gasteiger charge is -1.98. The molecule has 0 amide bonds. The van der Waals surface area contributed by atoms with Crippen molar-refractivity contribution in [2.45, 2.75) is 4.90 Å². The molecular formula is C7H10N2S. The average Bonchev–Trinajstić information content (AvgIpc) is 1.88. The summed E-state index contributed by atoms with van der Waals surface area (Å²) in [4.78, 5) is 1.14. The van der Waals surface area contributed by atoms with Crippen LogP contribution in [0.5, 0.6) is 0 Å². The van der Waals surface area contributed by atoms with Crippen molar-refractivity contribution in [1.29, 1.82) is 0 Å². The number of benzene rings is 1. The predicted octanol–water partition coefficient (Wildman–Crippen LogP) is 1.50. The molecule has 0 aliphatic heterocycles. The summed E-state index contributed by atoms with van der Waals surface area (Å²) in [5.74, 6) is 0. The zero-order valence-electron chi connectivity index (χ0n) is 5.79. The van der Waals surface area contributed by atoms with E-state index in [-0.39, 0.29) is 0 Å². The highest BCUT2D eigenvalue weighted by Gasteiger charge is 1.89. The zero-order valence-corrected chi connectivity index (χ0v) is 6.61. The van der Waals surface area contributed by atoms with Crippen LogP contribution in [0, 0.1) is 0 Å². The second kappa shape index (κ2) is 3.49. The van der Waals surface area contributed by atoms with Crippen molar-refractivity contribution < 1.29 is 0 Å². The van der Waals surface area contributed by atoms with Gasteiger partial charge in [-0.1, -0.05) is 6.07 Å². The molecule has 0 unspecified atom stereocenters. The minimum Gasteiger partial charge on any atom is -0.399 e. The topological polar surface area (TPSA) is 38.0 Å². The Morgan fingerprint density at radius 1 is 1.50 bits per heavy atom. The summed E-state index contributed by atoms with van der Waals surface area (Å²) in [5.41, 5.74) is 6.35. The number of nitrogen functional groups attached to an aromatic ring is 1. The predicted molar refractivity (Wildman–Crippen MR) is 45.8 cm³/mol. The highest BCUT2D eigenvalue weighted by molar-refractivity contribution is 7.97. The van der Waals surface area contributed by atoms with Crippen LogP contribution in [0.1, 0.15) is 0 Å². The third kappa shape index (κ3) is 1.93. The van der Waals surface area contributed by atoms with Crippen LogP contribution in [-0.4, -0.2) is 7.05 Å². The molecule has 10 heavy (non-hydrogen) atoms. The zero-order chi connectivity index (χ0) is 7.40. The van der Waals surface area contributed by atoms with Gasteiger partial charge in [0.05, 0.1) is 0 Å². The summed E-state index contributed by atoms with van der Waals surface area (Å²) in [6.45, 7) is 0. The molecule has 0 aliphatic carbocycles. The Labute approximate surface area is 64.9 Å². The van der Waals surface area contributed by atoms with Gasteiger partial charge in [-0.3, -0.25) is 4.72 Å². The third-order valence-corrected chi connectivity index (χ3v) is 1.77. The summed E-state index contributed by atoms with van der Waals surface area (Å²) in [6, 6.07) is 7.76. The first-order chi connectivity index (χ1) is 4.83. The number of hydrogen-bond acceptors (Lipinski definition) is 3. The first-order valence-corrected chi connectivity index (χ1v) is 3.83. The van der Waals surface area contributed by atoms with Crippen molar-refractivity contribution in [1.82, 2.24) is 4.72 Å². The van der Waals surface area contributed by atoms with Crippen LogP contribution in [0.2, 0.25) is 0 Å². The Balaban J connectivity index is 2.75. The number of nitrogens with two attached hydrogens (primary N) is 1. The summed E-state index contributed by atoms with van der Waals surface area (Å²) < 4.78 is 2.97. The van der Waals surface area contributed by atoms with Crippen LogP contribution < -0.4 is 10.5 Å². The lowest BCUT2D eigenvalue weighted by molar-refractivity contribution is 1.28. The largest absolute Gasteiger partial charge is 0.399 e. The van der Waals surface area contributed by atoms with Gasteiger partial charge < -0.3 is 5.73 Å². The van der Waals surface area contributed by atoms with Crippen molar-refractivity contribution in [3.63, 3.8) is 0 Å². The lowest BCUT2D eigenvalue weighted by atomic mass is 10.3. The normalized spacial score (nSPS) is 9.70. The number of rotatable bonds is 2. The molecule has 1 aromatic carbocycles. The van der Waals surface area contributed by atoms with Crippen molar-refractivity contribution in [3.8, 4) is 0 Å². The van der Waals surface area contributed by atoms with Crippen LogP contribution in [0.4, 0.5) is 5.69 Å².